The molecular weight excluding hydrogens is 346 g/mol. The zero-order valence-corrected chi connectivity index (χ0v) is 14.8. The maximum Gasteiger partial charge on any atom is 0.0587 e. The quantitative estimate of drug-likeness (QED) is 0.721. The maximum atomic E-state index is 5.04. The third-order valence-corrected chi connectivity index (χ3v) is 5.20. The van der Waals surface area contributed by atoms with E-state index in [1.807, 2.05) is 6.07 Å². The van der Waals surface area contributed by atoms with Gasteiger partial charge in [-0.1, -0.05) is 30.0 Å². The third-order valence-electron chi connectivity index (χ3n) is 3.18. The van der Waals surface area contributed by atoms with Gasteiger partial charge in [0.15, 0.2) is 0 Å². The predicted octanol–water partition coefficient (Wildman–Crippen LogP) is 4.64. The van der Waals surface area contributed by atoms with E-state index in [4.69, 9.17) is 4.74 Å². The van der Waals surface area contributed by atoms with Crippen molar-refractivity contribution in [3.05, 3.63) is 58.1 Å². The van der Waals surface area contributed by atoms with Gasteiger partial charge in [-0.2, -0.15) is 0 Å². The van der Waals surface area contributed by atoms with Gasteiger partial charge in [-0.3, -0.25) is 0 Å². The first-order valence-electron chi connectivity index (χ1n) is 6.92. The molecule has 21 heavy (non-hydrogen) atoms. The minimum absolute atomic E-state index is 0.745. The number of benzene rings is 2. The Morgan fingerprint density at radius 2 is 2.00 bits per heavy atom. The highest BCUT2D eigenvalue weighted by Crippen LogP contribution is 2.33. The molecule has 0 saturated heterocycles. The number of ether oxygens (including phenoxy) is 1. The van der Waals surface area contributed by atoms with Gasteiger partial charge >= 0.3 is 0 Å². The van der Waals surface area contributed by atoms with Crippen LogP contribution in [0.2, 0.25) is 0 Å². The highest BCUT2D eigenvalue weighted by atomic mass is 79.9. The lowest BCUT2D eigenvalue weighted by Crippen LogP contribution is -2.19. The van der Waals surface area contributed by atoms with Crippen molar-refractivity contribution in [1.29, 1.82) is 0 Å². The summed E-state index contributed by atoms with van der Waals surface area (Å²) in [4.78, 5) is 2.50. The van der Waals surface area contributed by atoms with Crippen molar-refractivity contribution >= 4 is 27.7 Å². The molecule has 2 aromatic carbocycles. The molecule has 2 rings (SSSR count). The Kier molecular flexibility index (Phi) is 6.77. The van der Waals surface area contributed by atoms with Crippen LogP contribution in [0.1, 0.15) is 11.1 Å². The molecule has 2 aromatic rings. The van der Waals surface area contributed by atoms with Gasteiger partial charge in [0.2, 0.25) is 0 Å². The van der Waals surface area contributed by atoms with Crippen LogP contribution in [0.15, 0.2) is 56.7 Å². The fourth-order valence-electron chi connectivity index (χ4n) is 1.98. The molecule has 0 heterocycles. The van der Waals surface area contributed by atoms with Gasteiger partial charge in [-0.05, 0) is 58.2 Å². The first-order chi connectivity index (χ1) is 10.2. The van der Waals surface area contributed by atoms with Crippen molar-refractivity contribution < 1.29 is 4.74 Å². The standard InChI is InChI=1S/C17H20BrNOS/c1-13-11-15(21-17-6-4-3-5-16(17)18)8-7-14(13)12-19-9-10-20-2/h3-8,11,19H,9-10,12H2,1-2H3. The molecule has 4 heteroatoms. The van der Waals surface area contributed by atoms with Crippen molar-refractivity contribution in [1.82, 2.24) is 5.32 Å². The zero-order chi connectivity index (χ0) is 15.1. The van der Waals surface area contributed by atoms with Gasteiger partial charge < -0.3 is 10.1 Å². The van der Waals surface area contributed by atoms with E-state index in [1.165, 1.54) is 20.9 Å². The summed E-state index contributed by atoms with van der Waals surface area (Å²) < 4.78 is 6.17. The minimum Gasteiger partial charge on any atom is -0.383 e. The zero-order valence-electron chi connectivity index (χ0n) is 12.4. The molecule has 112 valence electrons. The van der Waals surface area contributed by atoms with E-state index in [9.17, 15) is 0 Å². The van der Waals surface area contributed by atoms with Crippen LogP contribution >= 0.6 is 27.7 Å². The number of rotatable bonds is 7. The molecule has 0 saturated carbocycles. The fourth-order valence-corrected chi connectivity index (χ4v) is 3.45. The highest BCUT2D eigenvalue weighted by molar-refractivity contribution is 9.10. The molecule has 1 N–H and O–H groups in total. The first-order valence-corrected chi connectivity index (χ1v) is 8.53. The van der Waals surface area contributed by atoms with Crippen LogP contribution in [0.25, 0.3) is 0 Å². The summed E-state index contributed by atoms with van der Waals surface area (Å²) in [6.45, 7) is 4.67. The first kappa shape index (κ1) is 16.6. The second-order valence-corrected chi connectivity index (χ2v) is 6.76. The average Bonchev–Trinajstić information content (AvgIpc) is 2.48. The Balaban J connectivity index is 2.00. The number of halogens is 1. The van der Waals surface area contributed by atoms with E-state index in [0.29, 0.717) is 0 Å². The SMILES string of the molecule is COCCNCc1ccc(Sc2ccccc2Br)cc1C. The lowest BCUT2D eigenvalue weighted by Gasteiger charge is -2.10. The second-order valence-electron chi connectivity index (χ2n) is 4.79. The molecular formula is C17H20BrNOS. The van der Waals surface area contributed by atoms with Gasteiger partial charge in [-0.25, -0.2) is 0 Å². The molecule has 0 radical (unpaired) electrons. The summed E-state index contributed by atoms with van der Waals surface area (Å²) in [7, 11) is 1.72. The van der Waals surface area contributed by atoms with Crippen LogP contribution in [0.3, 0.4) is 0 Å². The molecule has 0 fully saturated rings. The van der Waals surface area contributed by atoms with Gasteiger partial charge in [0.1, 0.15) is 0 Å². The van der Waals surface area contributed by atoms with Gasteiger partial charge in [0.25, 0.3) is 0 Å². The second kappa shape index (κ2) is 8.59. The van der Waals surface area contributed by atoms with Crippen molar-refractivity contribution in [3.8, 4) is 0 Å². The van der Waals surface area contributed by atoms with E-state index in [2.05, 4.69) is 64.6 Å². The molecule has 0 aliphatic heterocycles. The minimum atomic E-state index is 0.745. The van der Waals surface area contributed by atoms with Crippen molar-refractivity contribution in [3.63, 3.8) is 0 Å². The number of nitrogens with one attached hydrogen (secondary N) is 1. The summed E-state index contributed by atoms with van der Waals surface area (Å²) in [6.07, 6.45) is 0. The van der Waals surface area contributed by atoms with Crippen LogP contribution in [0, 0.1) is 6.92 Å². The lowest BCUT2D eigenvalue weighted by atomic mass is 10.1. The number of hydrogen-bond acceptors (Lipinski definition) is 3. The smallest absolute Gasteiger partial charge is 0.0587 e. The highest BCUT2D eigenvalue weighted by Gasteiger charge is 2.04. The molecule has 0 atom stereocenters. The van der Waals surface area contributed by atoms with E-state index >= 15 is 0 Å². The third kappa shape index (κ3) is 5.15. The Morgan fingerprint density at radius 1 is 1.19 bits per heavy atom. The normalized spacial score (nSPS) is 10.8. The molecule has 2 nitrogen and oxygen atoms in total. The van der Waals surface area contributed by atoms with Crippen molar-refractivity contribution in [2.75, 3.05) is 20.3 Å². The molecule has 0 unspecified atom stereocenters. The lowest BCUT2D eigenvalue weighted by molar-refractivity contribution is 0.199. The van der Waals surface area contributed by atoms with E-state index < -0.39 is 0 Å². The van der Waals surface area contributed by atoms with E-state index in [0.717, 1.165) is 24.2 Å². The van der Waals surface area contributed by atoms with Crippen LogP contribution in [-0.2, 0) is 11.3 Å². The van der Waals surface area contributed by atoms with Crippen molar-refractivity contribution in [2.24, 2.45) is 0 Å². The topological polar surface area (TPSA) is 21.3 Å². The Bertz CT molecular complexity index is 589. The van der Waals surface area contributed by atoms with Gasteiger partial charge in [0.05, 0.1) is 6.61 Å². The van der Waals surface area contributed by atoms with Crippen LogP contribution in [-0.4, -0.2) is 20.3 Å². The Morgan fingerprint density at radius 3 is 2.71 bits per heavy atom. The summed E-state index contributed by atoms with van der Waals surface area (Å²) >= 11 is 5.37. The van der Waals surface area contributed by atoms with Crippen LogP contribution < -0.4 is 5.32 Å². The van der Waals surface area contributed by atoms with E-state index in [-0.39, 0.29) is 0 Å². The molecule has 0 aliphatic carbocycles. The molecule has 0 aliphatic rings. The molecule has 0 bridgehead atoms. The largest absolute Gasteiger partial charge is 0.383 e. The van der Waals surface area contributed by atoms with Gasteiger partial charge in [-0.15, -0.1) is 0 Å². The summed E-state index contributed by atoms with van der Waals surface area (Å²) in [5, 5.41) is 3.38. The average molecular weight is 366 g/mol. The van der Waals surface area contributed by atoms with E-state index in [1.54, 1.807) is 18.9 Å². The number of aryl methyl sites for hydroxylation is 1. The van der Waals surface area contributed by atoms with Crippen LogP contribution in [0.5, 0.6) is 0 Å². The Labute approximate surface area is 139 Å². The molecule has 0 aromatic heterocycles. The monoisotopic (exact) mass is 365 g/mol. The molecule has 0 amide bonds. The van der Waals surface area contributed by atoms with Gasteiger partial charge in [0, 0.05) is 34.5 Å². The number of hydrogen-bond donors (Lipinski definition) is 1. The van der Waals surface area contributed by atoms with Crippen LogP contribution in [0.4, 0.5) is 0 Å². The number of methoxy groups -OCH3 is 1. The maximum absolute atomic E-state index is 5.04. The Hall–Kier alpha value is -0.810. The summed E-state index contributed by atoms with van der Waals surface area (Å²) in [5.74, 6) is 0. The molecule has 0 spiro atoms. The summed E-state index contributed by atoms with van der Waals surface area (Å²) in [6, 6.07) is 14.9. The van der Waals surface area contributed by atoms with Crippen molar-refractivity contribution in [2.45, 2.75) is 23.3 Å². The predicted molar refractivity (Wildman–Crippen MR) is 93.0 cm³/mol. The summed E-state index contributed by atoms with van der Waals surface area (Å²) in [5.41, 5.74) is 2.65. The fraction of sp³-hybridized carbons (Fsp3) is 0.294.